The first-order chi connectivity index (χ1) is 19.6. The number of rotatable bonds is 11. The lowest BCUT2D eigenvalue weighted by molar-refractivity contribution is -0.140. The molecule has 0 aliphatic heterocycles. The molecule has 1 N–H and O–H groups in total. The van der Waals surface area contributed by atoms with Crippen molar-refractivity contribution in [3.8, 4) is 0 Å². The van der Waals surface area contributed by atoms with Crippen LogP contribution in [-0.2, 0) is 32.6 Å². The van der Waals surface area contributed by atoms with Crippen molar-refractivity contribution in [3.05, 3.63) is 101 Å². The largest absolute Gasteiger partial charge is 0.352 e. The van der Waals surface area contributed by atoms with E-state index in [1.54, 1.807) is 17.0 Å². The molecule has 1 atom stereocenters. The fraction of sp³-hybridized carbons (Fsp3) is 0.394. The highest BCUT2D eigenvalue weighted by molar-refractivity contribution is 7.92. The van der Waals surface area contributed by atoms with Gasteiger partial charge in [-0.25, -0.2) is 8.42 Å². The number of anilines is 1. The van der Waals surface area contributed by atoms with Gasteiger partial charge in [-0.1, -0.05) is 97.1 Å². The number of nitrogens with zero attached hydrogens (tertiary/aromatic N) is 2. The molecule has 8 heteroatoms. The molecular weight excluding hydrogens is 534 g/mol. The van der Waals surface area contributed by atoms with E-state index < -0.39 is 28.5 Å². The van der Waals surface area contributed by atoms with Gasteiger partial charge in [0.1, 0.15) is 12.6 Å². The van der Waals surface area contributed by atoms with Gasteiger partial charge in [-0.3, -0.25) is 13.9 Å². The third kappa shape index (κ3) is 8.67. The van der Waals surface area contributed by atoms with Gasteiger partial charge in [0, 0.05) is 19.0 Å². The molecule has 1 saturated carbocycles. The molecule has 0 aromatic heterocycles. The van der Waals surface area contributed by atoms with Crippen LogP contribution in [0.2, 0.25) is 0 Å². The lowest BCUT2D eigenvalue weighted by Crippen LogP contribution is -2.55. The SMILES string of the molecule is Cc1ccc(N(CC(=O)N(Cc2cccc(C)c2)[C@H](Cc2ccccc2)C(=O)NC2CCCCC2)S(C)(=O)=O)cc1. The van der Waals surface area contributed by atoms with E-state index in [2.05, 4.69) is 5.32 Å². The highest BCUT2D eigenvalue weighted by Gasteiger charge is 2.34. The van der Waals surface area contributed by atoms with Gasteiger partial charge in [0.2, 0.25) is 21.8 Å². The van der Waals surface area contributed by atoms with Crippen molar-refractivity contribution in [2.75, 3.05) is 17.1 Å². The molecule has 0 radical (unpaired) electrons. The average Bonchev–Trinajstić information content (AvgIpc) is 2.94. The summed E-state index contributed by atoms with van der Waals surface area (Å²) >= 11 is 0. The Morgan fingerprint density at radius 2 is 1.51 bits per heavy atom. The predicted molar refractivity (Wildman–Crippen MR) is 164 cm³/mol. The Hall–Kier alpha value is -3.65. The Labute approximate surface area is 244 Å². The van der Waals surface area contributed by atoms with Crippen LogP contribution in [0.3, 0.4) is 0 Å². The van der Waals surface area contributed by atoms with Crippen molar-refractivity contribution in [2.24, 2.45) is 0 Å². The summed E-state index contributed by atoms with van der Waals surface area (Å²) in [5, 5.41) is 3.23. The summed E-state index contributed by atoms with van der Waals surface area (Å²) in [5.74, 6) is -0.639. The summed E-state index contributed by atoms with van der Waals surface area (Å²) in [6.45, 7) is 3.68. The first-order valence-electron chi connectivity index (χ1n) is 14.3. The van der Waals surface area contributed by atoms with Gasteiger partial charge >= 0.3 is 0 Å². The van der Waals surface area contributed by atoms with E-state index in [4.69, 9.17) is 0 Å². The molecule has 0 saturated heterocycles. The standard InChI is InChI=1S/C33H41N3O4S/c1-25-17-19-30(20-18-25)36(41(3,39)40)24-32(37)35(23-28-14-10-11-26(2)21-28)31(22-27-12-6-4-7-13-27)33(38)34-29-15-8-5-9-16-29/h4,6-7,10-14,17-21,29,31H,5,8-9,15-16,22-24H2,1-3H3,(H,34,38)/t31-/m1/s1. The average molecular weight is 576 g/mol. The topological polar surface area (TPSA) is 86.8 Å². The first-order valence-corrected chi connectivity index (χ1v) is 16.2. The minimum absolute atomic E-state index is 0.0746. The Balaban J connectivity index is 1.71. The number of nitrogens with one attached hydrogen (secondary N) is 1. The zero-order chi connectivity index (χ0) is 29.4. The predicted octanol–water partition coefficient (Wildman–Crippen LogP) is 5.16. The van der Waals surface area contributed by atoms with E-state index in [9.17, 15) is 18.0 Å². The number of benzene rings is 3. The molecule has 3 aromatic rings. The number of carbonyl (C=O) groups excluding carboxylic acids is 2. The van der Waals surface area contributed by atoms with Crippen molar-refractivity contribution in [3.63, 3.8) is 0 Å². The van der Waals surface area contributed by atoms with E-state index >= 15 is 0 Å². The molecule has 0 bridgehead atoms. The quantitative estimate of drug-likeness (QED) is 0.342. The summed E-state index contributed by atoms with van der Waals surface area (Å²) in [6, 6.07) is 23.8. The van der Waals surface area contributed by atoms with Crippen LogP contribution in [0.5, 0.6) is 0 Å². The van der Waals surface area contributed by atoms with Gasteiger partial charge in [-0.05, 0) is 49.9 Å². The third-order valence-electron chi connectivity index (χ3n) is 7.66. The fourth-order valence-electron chi connectivity index (χ4n) is 5.43. The van der Waals surface area contributed by atoms with Crippen LogP contribution in [0.25, 0.3) is 0 Å². The molecule has 0 unspecified atom stereocenters. The Morgan fingerprint density at radius 1 is 0.854 bits per heavy atom. The summed E-state index contributed by atoms with van der Waals surface area (Å²) in [4.78, 5) is 29.7. The highest BCUT2D eigenvalue weighted by atomic mass is 32.2. The van der Waals surface area contributed by atoms with Crippen molar-refractivity contribution in [2.45, 2.75) is 71.0 Å². The summed E-state index contributed by atoms with van der Waals surface area (Å²) in [6.07, 6.45) is 6.57. The molecule has 1 aliphatic carbocycles. The van der Waals surface area contributed by atoms with Gasteiger partial charge in [-0.15, -0.1) is 0 Å². The van der Waals surface area contributed by atoms with Crippen molar-refractivity contribution in [1.29, 1.82) is 0 Å². The van der Waals surface area contributed by atoms with Gasteiger partial charge in [-0.2, -0.15) is 0 Å². The van der Waals surface area contributed by atoms with Crippen LogP contribution in [0, 0.1) is 13.8 Å². The van der Waals surface area contributed by atoms with Gasteiger partial charge in [0.05, 0.1) is 11.9 Å². The lowest BCUT2D eigenvalue weighted by Gasteiger charge is -2.35. The van der Waals surface area contributed by atoms with E-state index in [1.165, 1.54) is 0 Å². The summed E-state index contributed by atoms with van der Waals surface area (Å²) in [7, 11) is -3.78. The molecule has 2 amide bonds. The first kappa shape index (κ1) is 30.3. The number of hydrogen-bond donors (Lipinski definition) is 1. The molecule has 7 nitrogen and oxygen atoms in total. The minimum atomic E-state index is -3.78. The molecule has 218 valence electrons. The van der Waals surface area contributed by atoms with Crippen molar-refractivity contribution < 1.29 is 18.0 Å². The van der Waals surface area contributed by atoms with Gasteiger partial charge in [0.15, 0.2) is 0 Å². The maximum Gasteiger partial charge on any atom is 0.244 e. The van der Waals surface area contributed by atoms with Gasteiger partial charge < -0.3 is 10.2 Å². The van der Waals surface area contributed by atoms with Crippen molar-refractivity contribution in [1.82, 2.24) is 10.2 Å². The summed E-state index contributed by atoms with van der Waals surface area (Å²) < 4.78 is 26.9. The van der Waals surface area contributed by atoms with E-state index in [-0.39, 0.29) is 18.5 Å². The Kier molecular flexibility index (Phi) is 10.2. The second-order valence-electron chi connectivity index (χ2n) is 11.2. The van der Waals surface area contributed by atoms with E-state index in [0.29, 0.717) is 12.1 Å². The van der Waals surface area contributed by atoms with Crippen molar-refractivity contribution >= 4 is 27.5 Å². The van der Waals surface area contributed by atoms with Gasteiger partial charge in [0.25, 0.3) is 0 Å². The fourth-order valence-corrected chi connectivity index (χ4v) is 6.28. The molecule has 0 heterocycles. The number of hydrogen-bond acceptors (Lipinski definition) is 4. The molecule has 41 heavy (non-hydrogen) atoms. The Morgan fingerprint density at radius 3 is 2.15 bits per heavy atom. The molecule has 4 rings (SSSR count). The minimum Gasteiger partial charge on any atom is -0.352 e. The highest BCUT2D eigenvalue weighted by Crippen LogP contribution is 2.22. The monoisotopic (exact) mass is 575 g/mol. The Bertz CT molecular complexity index is 1420. The lowest BCUT2D eigenvalue weighted by atomic mass is 9.94. The molecule has 1 aliphatic rings. The number of amides is 2. The number of carbonyl (C=O) groups is 2. The van der Waals surface area contributed by atoms with Crippen LogP contribution in [0.1, 0.15) is 54.4 Å². The van der Waals surface area contributed by atoms with Crippen LogP contribution >= 0.6 is 0 Å². The smallest absolute Gasteiger partial charge is 0.244 e. The van der Waals surface area contributed by atoms with E-state index in [1.807, 2.05) is 80.6 Å². The summed E-state index contributed by atoms with van der Waals surface area (Å²) in [5.41, 5.74) is 4.24. The van der Waals surface area contributed by atoms with Crippen LogP contribution in [-0.4, -0.2) is 50.0 Å². The molecule has 1 fully saturated rings. The second kappa shape index (κ2) is 13.8. The molecular formula is C33H41N3O4S. The zero-order valence-corrected chi connectivity index (χ0v) is 25.1. The zero-order valence-electron chi connectivity index (χ0n) is 24.3. The molecule has 0 spiro atoms. The van der Waals surface area contributed by atoms with Crippen LogP contribution in [0.4, 0.5) is 5.69 Å². The van der Waals surface area contributed by atoms with Crippen LogP contribution < -0.4 is 9.62 Å². The van der Waals surface area contributed by atoms with Crippen LogP contribution in [0.15, 0.2) is 78.9 Å². The normalized spacial score (nSPS) is 14.7. The maximum atomic E-state index is 14.2. The number of aryl methyl sites for hydroxylation is 2. The third-order valence-corrected chi connectivity index (χ3v) is 8.80. The van der Waals surface area contributed by atoms with E-state index in [0.717, 1.165) is 64.9 Å². The number of sulfonamides is 1. The molecule has 3 aromatic carbocycles. The maximum absolute atomic E-state index is 14.2. The second-order valence-corrected chi connectivity index (χ2v) is 13.1.